The summed E-state index contributed by atoms with van der Waals surface area (Å²) in [4.78, 5) is 39.5. The Morgan fingerprint density at radius 3 is 2.23 bits per heavy atom. The fraction of sp³-hybridized carbons (Fsp3) is 0.320. The van der Waals surface area contributed by atoms with Crippen LogP contribution >= 0.6 is 22.9 Å². The quantitative estimate of drug-likeness (QED) is 0.487. The van der Waals surface area contributed by atoms with Crippen LogP contribution in [0.4, 0.5) is 11.4 Å². The van der Waals surface area contributed by atoms with Gasteiger partial charge in [-0.3, -0.25) is 14.4 Å². The maximum Gasteiger partial charge on any atom is 0.286 e. The highest BCUT2D eigenvalue weighted by molar-refractivity contribution is 7.15. The number of aromatic nitrogens is 2. The average molecular weight is 512 g/mol. The van der Waals surface area contributed by atoms with Gasteiger partial charge in [0, 0.05) is 35.9 Å². The Bertz CT molecular complexity index is 1220. The number of anilines is 2. The smallest absolute Gasteiger partial charge is 0.286 e. The molecule has 0 atom stereocenters. The van der Waals surface area contributed by atoms with Crippen LogP contribution < -0.4 is 10.6 Å². The average Bonchev–Trinajstić information content (AvgIpc) is 3.30. The van der Waals surface area contributed by atoms with Crippen molar-refractivity contribution in [1.29, 1.82) is 0 Å². The minimum Gasteiger partial charge on any atom is -0.337 e. The van der Waals surface area contributed by atoms with Crippen molar-refractivity contribution in [1.82, 2.24) is 15.1 Å². The van der Waals surface area contributed by atoms with Crippen LogP contribution in [0.2, 0.25) is 5.02 Å². The van der Waals surface area contributed by atoms with E-state index < -0.39 is 5.91 Å². The minimum absolute atomic E-state index is 0.0137. The third kappa shape index (κ3) is 6.64. The van der Waals surface area contributed by atoms with Gasteiger partial charge < -0.3 is 15.5 Å². The van der Waals surface area contributed by atoms with Gasteiger partial charge in [-0.05, 0) is 80.1 Å². The summed E-state index contributed by atoms with van der Waals surface area (Å²) >= 11 is 6.82. The highest BCUT2D eigenvalue weighted by Gasteiger charge is 2.28. The number of rotatable bonds is 6. The zero-order chi connectivity index (χ0) is 24.9. The molecule has 1 aromatic heterocycles. The molecule has 4 rings (SSSR count). The van der Waals surface area contributed by atoms with Crippen LogP contribution in [0, 0.1) is 19.8 Å². The lowest BCUT2D eigenvalue weighted by molar-refractivity contribution is -0.117. The number of likely N-dealkylation sites (tertiary alicyclic amines) is 1. The number of amides is 3. The maximum atomic E-state index is 12.9. The Kier molecular flexibility index (Phi) is 7.77. The van der Waals surface area contributed by atoms with E-state index in [0.29, 0.717) is 30.2 Å². The molecule has 35 heavy (non-hydrogen) atoms. The first-order chi connectivity index (χ1) is 16.8. The Hall–Kier alpha value is -3.30. The molecule has 0 aliphatic carbocycles. The van der Waals surface area contributed by atoms with E-state index in [4.69, 9.17) is 11.6 Å². The predicted octanol–water partition coefficient (Wildman–Crippen LogP) is 4.94. The van der Waals surface area contributed by atoms with Gasteiger partial charge in [-0.25, -0.2) is 0 Å². The lowest BCUT2D eigenvalue weighted by Gasteiger charge is -2.31. The molecule has 182 valence electrons. The molecule has 2 N–H and O–H groups in total. The van der Waals surface area contributed by atoms with Crippen molar-refractivity contribution in [2.45, 2.75) is 33.1 Å². The zero-order valence-corrected chi connectivity index (χ0v) is 21.1. The van der Waals surface area contributed by atoms with Gasteiger partial charge in [0.25, 0.3) is 11.8 Å². The van der Waals surface area contributed by atoms with Crippen LogP contribution in [0.25, 0.3) is 0 Å². The fourth-order valence-electron chi connectivity index (χ4n) is 4.12. The lowest BCUT2D eigenvalue weighted by Crippen LogP contribution is -2.39. The first kappa shape index (κ1) is 24.8. The van der Waals surface area contributed by atoms with Crippen molar-refractivity contribution in [3.05, 3.63) is 68.6 Å². The van der Waals surface area contributed by atoms with Gasteiger partial charge in [-0.15, -0.1) is 10.2 Å². The summed E-state index contributed by atoms with van der Waals surface area (Å²) in [6.07, 6.45) is 1.88. The van der Waals surface area contributed by atoms with E-state index in [-0.39, 0.29) is 27.7 Å². The Labute approximate surface area is 212 Å². The van der Waals surface area contributed by atoms with Gasteiger partial charge in [-0.1, -0.05) is 29.0 Å². The molecule has 0 bridgehead atoms. The van der Waals surface area contributed by atoms with E-state index >= 15 is 0 Å². The van der Waals surface area contributed by atoms with Gasteiger partial charge >= 0.3 is 0 Å². The highest BCUT2D eigenvalue weighted by atomic mass is 35.5. The summed E-state index contributed by atoms with van der Waals surface area (Å²) in [7, 11) is 0. The number of piperidine rings is 1. The molecular weight excluding hydrogens is 486 g/mol. The second-order valence-corrected chi connectivity index (χ2v) is 10.2. The number of aryl methyl sites for hydroxylation is 2. The molecule has 0 radical (unpaired) electrons. The van der Waals surface area contributed by atoms with Crippen LogP contribution in [-0.4, -0.2) is 45.9 Å². The molecule has 2 heterocycles. The van der Waals surface area contributed by atoms with Gasteiger partial charge in [0.15, 0.2) is 0 Å². The normalized spacial score (nSPS) is 14.0. The Balaban J connectivity index is 1.26. The molecule has 2 aromatic carbocycles. The van der Waals surface area contributed by atoms with Crippen molar-refractivity contribution in [3.63, 3.8) is 0 Å². The maximum absolute atomic E-state index is 12.9. The van der Waals surface area contributed by atoms with Crippen molar-refractivity contribution in [2.24, 2.45) is 5.92 Å². The van der Waals surface area contributed by atoms with Crippen LogP contribution in [0.3, 0.4) is 0 Å². The summed E-state index contributed by atoms with van der Waals surface area (Å²) in [5.74, 6) is -0.482. The standard InChI is InChI=1S/C25H26ClN5O3S/c1-15-11-16(2)13-20(12-15)27-21(32)14-17-7-9-31(10-8-17)25(34)24-30-29-23(35-24)22(33)28-19-5-3-18(26)4-6-19/h3-6,11-13,17H,7-10,14H2,1-2H3,(H,27,32)(H,28,33). The van der Waals surface area contributed by atoms with Crippen molar-refractivity contribution in [2.75, 3.05) is 23.7 Å². The molecule has 1 aliphatic heterocycles. The lowest BCUT2D eigenvalue weighted by atomic mass is 9.93. The molecule has 1 saturated heterocycles. The van der Waals surface area contributed by atoms with Gasteiger partial charge in [-0.2, -0.15) is 0 Å². The largest absolute Gasteiger partial charge is 0.337 e. The van der Waals surface area contributed by atoms with Gasteiger partial charge in [0.05, 0.1) is 0 Å². The van der Waals surface area contributed by atoms with Gasteiger partial charge in [0.2, 0.25) is 15.9 Å². The molecule has 10 heteroatoms. The summed E-state index contributed by atoms with van der Waals surface area (Å²) in [5, 5.41) is 14.4. The van der Waals surface area contributed by atoms with Crippen LogP contribution in [0.15, 0.2) is 42.5 Å². The second-order valence-electron chi connectivity index (χ2n) is 8.74. The number of nitrogens with zero attached hydrogens (tertiary/aromatic N) is 3. The molecule has 0 spiro atoms. The van der Waals surface area contributed by atoms with Crippen LogP contribution in [-0.2, 0) is 4.79 Å². The summed E-state index contributed by atoms with van der Waals surface area (Å²) in [6.45, 7) is 5.07. The van der Waals surface area contributed by atoms with E-state index in [1.54, 1.807) is 29.2 Å². The van der Waals surface area contributed by atoms with Crippen LogP contribution in [0.5, 0.6) is 0 Å². The topological polar surface area (TPSA) is 104 Å². The summed E-state index contributed by atoms with van der Waals surface area (Å²) in [6, 6.07) is 12.7. The Morgan fingerprint density at radius 2 is 1.57 bits per heavy atom. The van der Waals surface area contributed by atoms with Gasteiger partial charge in [0.1, 0.15) is 0 Å². The van der Waals surface area contributed by atoms with E-state index in [1.165, 1.54) is 0 Å². The first-order valence-electron chi connectivity index (χ1n) is 11.3. The highest BCUT2D eigenvalue weighted by Crippen LogP contribution is 2.24. The first-order valence-corrected chi connectivity index (χ1v) is 12.5. The molecule has 1 aliphatic rings. The van der Waals surface area contributed by atoms with E-state index in [0.717, 1.165) is 41.0 Å². The van der Waals surface area contributed by atoms with E-state index in [1.807, 2.05) is 26.0 Å². The van der Waals surface area contributed by atoms with Crippen molar-refractivity contribution < 1.29 is 14.4 Å². The second kappa shape index (κ2) is 11.0. The minimum atomic E-state index is -0.433. The monoisotopic (exact) mass is 511 g/mol. The molecule has 0 saturated carbocycles. The van der Waals surface area contributed by atoms with Crippen molar-refractivity contribution >= 4 is 52.0 Å². The van der Waals surface area contributed by atoms with Crippen molar-refractivity contribution in [3.8, 4) is 0 Å². The number of hydrogen-bond donors (Lipinski definition) is 2. The third-order valence-corrected chi connectivity index (χ3v) is 6.95. The number of carbonyl (C=O) groups is 3. The molecule has 8 nitrogen and oxygen atoms in total. The molecule has 3 amide bonds. The summed E-state index contributed by atoms with van der Waals surface area (Å²) in [5.41, 5.74) is 3.60. The molecular formula is C25H26ClN5O3S. The SMILES string of the molecule is Cc1cc(C)cc(NC(=O)CC2CCN(C(=O)c3nnc(C(=O)Nc4ccc(Cl)cc4)s3)CC2)c1. The summed E-state index contributed by atoms with van der Waals surface area (Å²) < 4.78 is 0. The number of hydrogen-bond acceptors (Lipinski definition) is 6. The Morgan fingerprint density at radius 1 is 0.943 bits per heavy atom. The third-order valence-electron chi connectivity index (χ3n) is 5.79. The number of halogens is 1. The number of carbonyl (C=O) groups excluding carboxylic acids is 3. The van der Waals surface area contributed by atoms with E-state index in [2.05, 4.69) is 26.9 Å². The molecule has 0 unspecified atom stereocenters. The van der Waals surface area contributed by atoms with E-state index in [9.17, 15) is 14.4 Å². The number of nitrogens with one attached hydrogen (secondary N) is 2. The number of benzene rings is 2. The fourth-order valence-corrected chi connectivity index (χ4v) is 4.95. The predicted molar refractivity (Wildman–Crippen MR) is 137 cm³/mol. The zero-order valence-electron chi connectivity index (χ0n) is 19.5. The molecule has 3 aromatic rings. The molecule has 1 fully saturated rings. The van der Waals surface area contributed by atoms with Crippen LogP contribution in [0.1, 0.15) is 50.0 Å².